The van der Waals surface area contributed by atoms with Crippen LogP contribution in [0.1, 0.15) is 17.0 Å². The molecule has 15 heavy (non-hydrogen) atoms. The molecule has 0 N–H and O–H groups in total. The monoisotopic (exact) mass is 221 g/mol. The van der Waals surface area contributed by atoms with Crippen molar-refractivity contribution in [1.82, 2.24) is 14.8 Å². The summed E-state index contributed by atoms with van der Waals surface area (Å²) in [6, 6.07) is 3.96. The summed E-state index contributed by atoms with van der Waals surface area (Å²) >= 11 is 5.86. The van der Waals surface area contributed by atoms with Crippen LogP contribution < -0.4 is 0 Å². The Hall–Kier alpha value is -1.35. The van der Waals surface area contributed by atoms with Crippen molar-refractivity contribution >= 4 is 11.6 Å². The van der Waals surface area contributed by atoms with Crippen LogP contribution in [0.4, 0.5) is 0 Å². The third kappa shape index (κ3) is 2.02. The van der Waals surface area contributed by atoms with Crippen LogP contribution in [0.15, 0.2) is 24.5 Å². The lowest BCUT2D eigenvalue weighted by atomic mass is 10.2. The van der Waals surface area contributed by atoms with Crippen molar-refractivity contribution in [1.29, 1.82) is 0 Å². The van der Waals surface area contributed by atoms with Gasteiger partial charge in [-0.25, -0.2) is 4.68 Å². The molecule has 2 heterocycles. The van der Waals surface area contributed by atoms with Crippen molar-refractivity contribution in [3.63, 3.8) is 0 Å². The fourth-order valence-corrected chi connectivity index (χ4v) is 1.65. The lowest BCUT2D eigenvalue weighted by molar-refractivity contribution is 0.848. The second-order valence-corrected chi connectivity index (χ2v) is 3.76. The summed E-state index contributed by atoms with van der Waals surface area (Å²) in [6.45, 7) is 3.92. The fourth-order valence-electron chi connectivity index (χ4n) is 1.44. The summed E-state index contributed by atoms with van der Waals surface area (Å²) < 4.78 is 1.84. The Morgan fingerprint density at radius 3 is 2.73 bits per heavy atom. The van der Waals surface area contributed by atoms with Gasteiger partial charge in [0.05, 0.1) is 17.3 Å². The first-order valence-corrected chi connectivity index (χ1v) is 5.28. The molecule has 0 radical (unpaired) electrons. The van der Waals surface area contributed by atoms with Gasteiger partial charge in [-0.05, 0) is 26.0 Å². The van der Waals surface area contributed by atoms with Crippen LogP contribution in [-0.4, -0.2) is 14.8 Å². The molecule has 0 amide bonds. The van der Waals surface area contributed by atoms with Gasteiger partial charge < -0.3 is 0 Å². The number of nitrogens with zero attached hydrogens (tertiary/aromatic N) is 3. The number of hydrogen-bond acceptors (Lipinski definition) is 2. The van der Waals surface area contributed by atoms with Crippen LogP contribution >= 0.6 is 11.6 Å². The molecular weight excluding hydrogens is 210 g/mol. The zero-order valence-corrected chi connectivity index (χ0v) is 9.49. The molecule has 0 saturated heterocycles. The average Bonchev–Trinajstić information content (AvgIpc) is 2.65. The number of halogens is 1. The second kappa shape index (κ2) is 4.03. The van der Waals surface area contributed by atoms with Crippen molar-refractivity contribution < 1.29 is 0 Å². The molecule has 0 aliphatic heterocycles. The summed E-state index contributed by atoms with van der Waals surface area (Å²) in [4.78, 5) is 4.22. The van der Waals surface area contributed by atoms with Crippen molar-refractivity contribution in [2.24, 2.45) is 0 Å². The summed E-state index contributed by atoms with van der Waals surface area (Å²) in [7, 11) is 0. The first kappa shape index (κ1) is 10.2. The molecule has 4 heteroatoms. The summed E-state index contributed by atoms with van der Waals surface area (Å²) in [5.41, 5.74) is 3.95. The first-order valence-electron chi connectivity index (χ1n) is 4.75. The molecule has 0 unspecified atom stereocenters. The van der Waals surface area contributed by atoms with E-state index in [2.05, 4.69) is 10.1 Å². The van der Waals surface area contributed by atoms with Gasteiger partial charge in [0.25, 0.3) is 0 Å². The molecule has 0 fully saturated rings. The van der Waals surface area contributed by atoms with Gasteiger partial charge in [0, 0.05) is 23.7 Å². The maximum atomic E-state index is 5.86. The molecule has 0 saturated carbocycles. The van der Waals surface area contributed by atoms with E-state index in [1.165, 1.54) is 0 Å². The maximum absolute atomic E-state index is 5.86. The molecular formula is C11H12ClN3. The van der Waals surface area contributed by atoms with Gasteiger partial charge in [-0.3, -0.25) is 4.98 Å². The molecule has 2 aromatic heterocycles. The van der Waals surface area contributed by atoms with Crippen molar-refractivity contribution in [3.8, 4) is 5.69 Å². The van der Waals surface area contributed by atoms with E-state index in [0.717, 1.165) is 22.6 Å². The normalized spacial score (nSPS) is 10.6. The molecule has 0 aromatic carbocycles. The molecule has 0 aliphatic carbocycles. The number of pyridine rings is 1. The van der Waals surface area contributed by atoms with Gasteiger partial charge in [-0.2, -0.15) is 5.10 Å². The largest absolute Gasteiger partial charge is 0.261 e. The Morgan fingerprint density at radius 1 is 1.33 bits per heavy atom. The zero-order valence-electron chi connectivity index (χ0n) is 8.74. The van der Waals surface area contributed by atoms with Gasteiger partial charge in [0.15, 0.2) is 0 Å². The van der Waals surface area contributed by atoms with Gasteiger partial charge in [0.2, 0.25) is 0 Å². The van der Waals surface area contributed by atoms with E-state index in [0.29, 0.717) is 5.88 Å². The summed E-state index contributed by atoms with van der Waals surface area (Å²) in [5.74, 6) is 0.446. The first-order chi connectivity index (χ1) is 7.20. The standard InChI is InChI=1S/C11H12ClN3/c1-8-3-4-15(14-8)11-5-9(2)13-7-10(11)6-12/h3-5,7H,6H2,1-2H3. The van der Waals surface area contributed by atoms with E-state index >= 15 is 0 Å². The van der Waals surface area contributed by atoms with E-state index < -0.39 is 0 Å². The third-order valence-electron chi connectivity index (χ3n) is 2.21. The number of hydrogen-bond donors (Lipinski definition) is 0. The van der Waals surface area contributed by atoms with Crippen LogP contribution in [0.2, 0.25) is 0 Å². The zero-order chi connectivity index (χ0) is 10.8. The Bertz CT molecular complexity index is 476. The van der Waals surface area contributed by atoms with Crippen LogP contribution in [0, 0.1) is 13.8 Å². The van der Waals surface area contributed by atoms with Gasteiger partial charge in [-0.1, -0.05) is 0 Å². The Kier molecular flexibility index (Phi) is 2.73. The Balaban J connectivity index is 2.55. The molecule has 78 valence electrons. The van der Waals surface area contributed by atoms with Gasteiger partial charge in [0.1, 0.15) is 0 Å². The highest BCUT2D eigenvalue weighted by Crippen LogP contribution is 2.16. The topological polar surface area (TPSA) is 30.7 Å². The second-order valence-electron chi connectivity index (χ2n) is 3.49. The highest BCUT2D eigenvalue weighted by atomic mass is 35.5. The van der Waals surface area contributed by atoms with Crippen molar-refractivity contribution in [2.45, 2.75) is 19.7 Å². The van der Waals surface area contributed by atoms with Crippen LogP contribution in [0.3, 0.4) is 0 Å². The number of aromatic nitrogens is 3. The van der Waals surface area contributed by atoms with E-state index in [9.17, 15) is 0 Å². The highest BCUT2D eigenvalue weighted by Gasteiger charge is 2.05. The smallest absolute Gasteiger partial charge is 0.0723 e. The van der Waals surface area contributed by atoms with Crippen molar-refractivity contribution in [3.05, 3.63) is 41.5 Å². The number of rotatable bonds is 2. The molecule has 0 atom stereocenters. The minimum atomic E-state index is 0.446. The predicted molar refractivity (Wildman–Crippen MR) is 60.4 cm³/mol. The quantitative estimate of drug-likeness (QED) is 0.730. The van der Waals surface area contributed by atoms with Crippen LogP contribution in [-0.2, 0) is 5.88 Å². The summed E-state index contributed by atoms with van der Waals surface area (Å²) in [6.07, 6.45) is 3.73. The van der Waals surface area contributed by atoms with E-state index in [1.807, 2.05) is 36.9 Å². The molecule has 2 rings (SSSR count). The maximum Gasteiger partial charge on any atom is 0.0723 e. The number of aryl methyl sites for hydroxylation is 2. The van der Waals surface area contributed by atoms with E-state index in [-0.39, 0.29) is 0 Å². The van der Waals surface area contributed by atoms with Gasteiger partial charge in [-0.15, -0.1) is 11.6 Å². The predicted octanol–water partition coefficient (Wildman–Crippen LogP) is 2.62. The Labute approximate surface area is 93.7 Å². The van der Waals surface area contributed by atoms with E-state index in [4.69, 9.17) is 11.6 Å². The lowest BCUT2D eigenvalue weighted by Gasteiger charge is -2.07. The Morgan fingerprint density at radius 2 is 2.13 bits per heavy atom. The fraction of sp³-hybridized carbons (Fsp3) is 0.273. The molecule has 0 bridgehead atoms. The van der Waals surface area contributed by atoms with Crippen LogP contribution in [0.5, 0.6) is 0 Å². The van der Waals surface area contributed by atoms with Crippen molar-refractivity contribution in [2.75, 3.05) is 0 Å². The van der Waals surface area contributed by atoms with Crippen LogP contribution in [0.25, 0.3) is 5.69 Å². The molecule has 3 nitrogen and oxygen atoms in total. The SMILES string of the molecule is Cc1cc(-n2ccc(C)n2)c(CCl)cn1. The van der Waals surface area contributed by atoms with Gasteiger partial charge >= 0.3 is 0 Å². The summed E-state index contributed by atoms with van der Waals surface area (Å²) in [5, 5.41) is 4.36. The number of alkyl halides is 1. The molecule has 2 aromatic rings. The highest BCUT2D eigenvalue weighted by molar-refractivity contribution is 6.17. The third-order valence-corrected chi connectivity index (χ3v) is 2.50. The minimum Gasteiger partial charge on any atom is -0.261 e. The molecule has 0 aliphatic rings. The molecule has 0 spiro atoms. The average molecular weight is 222 g/mol. The van der Waals surface area contributed by atoms with E-state index in [1.54, 1.807) is 6.20 Å². The lowest BCUT2D eigenvalue weighted by Crippen LogP contribution is -2.01. The minimum absolute atomic E-state index is 0.446.